The molecule has 0 atom stereocenters. The normalized spacial score (nSPS) is 9.43. The molecule has 14 heavy (non-hydrogen) atoms. The van der Waals surface area contributed by atoms with Gasteiger partial charge in [-0.3, -0.25) is 0 Å². The van der Waals surface area contributed by atoms with Crippen LogP contribution in [0, 0.1) is 0 Å². The molecular formula is C7H9I3O4. The third-order valence-electron chi connectivity index (χ3n) is 1.03. The molecule has 0 aromatic heterocycles. The van der Waals surface area contributed by atoms with Crippen LogP contribution in [-0.4, -0.2) is 33.1 Å². The number of methoxy groups -OCH3 is 1. The van der Waals surface area contributed by atoms with Crippen LogP contribution in [0.15, 0.2) is 5.17 Å². The second kappa shape index (κ2) is 9.39. The Morgan fingerprint density at radius 1 is 1.14 bits per heavy atom. The number of rotatable bonds is 5. The zero-order valence-electron chi connectivity index (χ0n) is 7.39. The second-order valence-electron chi connectivity index (χ2n) is 2.05. The van der Waals surface area contributed by atoms with Gasteiger partial charge in [0.15, 0.2) is 0 Å². The minimum atomic E-state index is -0.662. The van der Waals surface area contributed by atoms with E-state index in [-0.39, 0.29) is 13.2 Å². The summed E-state index contributed by atoms with van der Waals surface area (Å²) < 4.78 is 16.3. The highest BCUT2D eigenvalue weighted by Gasteiger charge is 2.05. The Hall–Kier alpha value is 1.16. The largest absolute Gasteiger partial charge is 0.508 e. The van der Waals surface area contributed by atoms with Crippen molar-refractivity contribution >= 4 is 73.9 Å². The average molecular weight is 538 g/mol. The van der Waals surface area contributed by atoms with Gasteiger partial charge in [0.05, 0.1) is 8.19 Å². The van der Waals surface area contributed by atoms with E-state index in [0.717, 1.165) is 5.17 Å². The van der Waals surface area contributed by atoms with E-state index in [2.05, 4.69) is 67.8 Å². The summed E-state index contributed by atoms with van der Waals surface area (Å²) in [5.41, 5.74) is 0. The summed E-state index contributed by atoms with van der Waals surface area (Å²) in [4.78, 5) is 10.9. The van der Waals surface area contributed by atoms with E-state index in [1.165, 1.54) is 0 Å². The Labute approximate surface area is 124 Å². The van der Waals surface area contributed by atoms with E-state index >= 15 is 0 Å². The third-order valence-corrected chi connectivity index (χ3v) is 5.25. The summed E-state index contributed by atoms with van der Waals surface area (Å²) in [7, 11) is 1.54. The number of halogens is 3. The number of hydrogen-bond donors (Lipinski definition) is 0. The SMILES string of the molecule is COCCOC(=O)OCC(I)=C(I)I. The Bertz CT molecular complexity index is 213. The summed E-state index contributed by atoms with van der Waals surface area (Å²) >= 11 is 6.43. The molecule has 0 rings (SSSR count). The fraction of sp³-hybridized carbons (Fsp3) is 0.571. The van der Waals surface area contributed by atoms with Crippen LogP contribution in [0.2, 0.25) is 0 Å². The lowest BCUT2D eigenvalue weighted by molar-refractivity contribution is 0.0424. The molecule has 0 unspecified atom stereocenters. The van der Waals surface area contributed by atoms with E-state index in [1.54, 1.807) is 7.11 Å². The van der Waals surface area contributed by atoms with Crippen LogP contribution in [0.4, 0.5) is 4.79 Å². The van der Waals surface area contributed by atoms with Crippen LogP contribution in [0.5, 0.6) is 0 Å². The van der Waals surface area contributed by atoms with Crippen LogP contribution in [0.3, 0.4) is 0 Å². The molecule has 0 bridgehead atoms. The van der Waals surface area contributed by atoms with Crippen molar-refractivity contribution < 1.29 is 19.0 Å². The fourth-order valence-electron chi connectivity index (χ4n) is 0.427. The molecule has 0 aliphatic heterocycles. The summed E-state index contributed by atoms with van der Waals surface area (Å²) in [5.74, 6) is 0. The molecule has 0 saturated heterocycles. The third kappa shape index (κ3) is 8.47. The van der Waals surface area contributed by atoms with E-state index < -0.39 is 6.16 Å². The van der Waals surface area contributed by atoms with Crippen molar-refractivity contribution in [3.63, 3.8) is 0 Å². The molecule has 0 saturated carbocycles. The van der Waals surface area contributed by atoms with E-state index in [1.807, 2.05) is 0 Å². The van der Waals surface area contributed by atoms with Crippen LogP contribution >= 0.6 is 67.8 Å². The van der Waals surface area contributed by atoms with Gasteiger partial charge in [0.1, 0.15) is 13.2 Å². The molecule has 0 radical (unpaired) electrons. The lowest BCUT2D eigenvalue weighted by atomic mass is 10.7. The fourth-order valence-corrected chi connectivity index (χ4v) is 0.894. The predicted octanol–water partition coefficient (Wildman–Crippen LogP) is 3.26. The quantitative estimate of drug-likeness (QED) is 0.307. The number of carbonyl (C=O) groups excluding carboxylic acids is 1. The predicted molar refractivity (Wildman–Crippen MR) is 78.3 cm³/mol. The molecule has 7 heteroatoms. The van der Waals surface area contributed by atoms with Crippen LogP contribution < -0.4 is 0 Å². The summed E-state index contributed by atoms with van der Waals surface area (Å²) in [5, 5.41) is 0. The van der Waals surface area contributed by atoms with Crippen LogP contribution in [0.1, 0.15) is 0 Å². The lowest BCUT2D eigenvalue weighted by Crippen LogP contribution is -2.12. The van der Waals surface area contributed by atoms with Gasteiger partial charge >= 0.3 is 6.16 Å². The van der Waals surface area contributed by atoms with Crippen molar-refractivity contribution in [3.8, 4) is 0 Å². The molecule has 0 aliphatic carbocycles. The molecule has 0 aromatic carbocycles. The maximum absolute atomic E-state index is 10.9. The zero-order chi connectivity index (χ0) is 11.0. The Morgan fingerprint density at radius 2 is 1.79 bits per heavy atom. The molecular weight excluding hydrogens is 529 g/mol. The molecule has 0 amide bonds. The summed E-state index contributed by atoms with van der Waals surface area (Å²) in [6.07, 6.45) is -0.662. The van der Waals surface area contributed by atoms with Crippen molar-refractivity contribution in [2.75, 3.05) is 26.9 Å². The van der Waals surface area contributed by atoms with E-state index in [9.17, 15) is 4.79 Å². The maximum atomic E-state index is 10.9. The number of hydrogen-bond acceptors (Lipinski definition) is 4. The van der Waals surface area contributed by atoms with Gasteiger partial charge in [0.2, 0.25) is 0 Å². The average Bonchev–Trinajstić information content (AvgIpc) is 2.14. The zero-order valence-corrected chi connectivity index (χ0v) is 13.9. The van der Waals surface area contributed by atoms with Gasteiger partial charge in [-0.2, -0.15) is 0 Å². The highest BCUT2D eigenvalue weighted by atomic mass is 127. The van der Waals surface area contributed by atoms with Gasteiger partial charge in [0.25, 0.3) is 0 Å². The minimum absolute atomic E-state index is 0.219. The molecule has 0 aromatic rings. The highest BCUT2D eigenvalue weighted by molar-refractivity contribution is 14.2. The summed E-state index contributed by atoms with van der Waals surface area (Å²) in [6, 6.07) is 0. The number of carbonyl (C=O) groups is 1. The molecule has 82 valence electrons. The lowest BCUT2D eigenvalue weighted by Gasteiger charge is -2.05. The molecule has 4 nitrogen and oxygen atoms in total. The van der Waals surface area contributed by atoms with Gasteiger partial charge in [0, 0.05) is 10.7 Å². The van der Waals surface area contributed by atoms with Crippen molar-refractivity contribution in [1.82, 2.24) is 0 Å². The molecule has 0 spiro atoms. The first-order valence-electron chi connectivity index (χ1n) is 3.56. The summed E-state index contributed by atoms with van der Waals surface area (Å²) in [6.45, 7) is 0.858. The van der Waals surface area contributed by atoms with E-state index in [4.69, 9.17) is 14.2 Å². The number of ether oxygens (including phenoxy) is 3. The van der Waals surface area contributed by atoms with Gasteiger partial charge in [-0.25, -0.2) is 4.79 Å². The second-order valence-corrected chi connectivity index (χ2v) is 7.57. The van der Waals surface area contributed by atoms with Crippen molar-refractivity contribution in [2.24, 2.45) is 0 Å². The van der Waals surface area contributed by atoms with Gasteiger partial charge < -0.3 is 14.2 Å². The van der Waals surface area contributed by atoms with Crippen molar-refractivity contribution in [1.29, 1.82) is 0 Å². The maximum Gasteiger partial charge on any atom is 0.508 e. The Morgan fingerprint density at radius 3 is 2.29 bits per heavy atom. The smallest absolute Gasteiger partial charge is 0.432 e. The molecule has 0 aliphatic rings. The molecule has 0 heterocycles. The van der Waals surface area contributed by atoms with E-state index in [0.29, 0.717) is 6.61 Å². The monoisotopic (exact) mass is 538 g/mol. The minimum Gasteiger partial charge on any atom is -0.432 e. The first kappa shape index (κ1) is 15.2. The Kier molecular flexibility index (Phi) is 10.2. The van der Waals surface area contributed by atoms with Crippen LogP contribution in [-0.2, 0) is 14.2 Å². The topological polar surface area (TPSA) is 44.8 Å². The molecule has 0 fully saturated rings. The molecule has 0 N–H and O–H groups in total. The van der Waals surface area contributed by atoms with Gasteiger partial charge in [-0.15, -0.1) is 0 Å². The van der Waals surface area contributed by atoms with Gasteiger partial charge in [-0.05, 0) is 67.8 Å². The van der Waals surface area contributed by atoms with Crippen molar-refractivity contribution in [3.05, 3.63) is 5.17 Å². The highest BCUT2D eigenvalue weighted by Crippen LogP contribution is 2.25. The first-order chi connectivity index (χ1) is 6.57. The van der Waals surface area contributed by atoms with Crippen molar-refractivity contribution in [2.45, 2.75) is 0 Å². The Balaban J connectivity index is 3.59. The standard InChI is InChI=1S/C7H9I3O4/c1-12-2-3-13-7(11)14-4-5(8)6(9)10/h2-4H2,1H3. The van der Waals surface area contributed by atoms with Crippen LogP contribution in [0.25, 0.3) is 0 Å². The first-order valence-corrected chi connectivity index (χ1v) is 6.79. The van der Waals surface area contributed by atoms with Gasteiger partial charge in [-0.1, -0.05) is 0 Å².